The fourth-order valence-corrected chi connectivity index (χ4v) is 4.75. The number of rotatable bonds is 10. The molecule has 0 fully saturated rings. The average molecular weight is 495 g/mol. The number of carbonyl (C=O) groups excluding carboxylic acids is 1. The average Bonchev–Trinajstić information content (AvgIpc) is 2.82. The van der Waals surface area contributed by atoms with Crippen molar-refractivity contribution < 1.29 is 17.9 Å². The summed E-state index contributed by atoms with van der Waals surface area (Å²) in [6.45, 7) is 6.44. The van der Waals surface area contributed by atoms with Gasteiger partial charge in [-0.1, -0.05) is 55.8 Å². The lowest BCUT2D eigenvalue weighted by molar-refractivity contribution is 0.0932. The summed E-state index contributed by atoms with van der Waals surface area (Å²) in [5.74, 6) is 0.942. The number of sulfonamides is 1. The predicted octanol–water partition coefficient (Wildman–Crippen LogP) is 5.49. The van der Waals surface area contributed by atoms with Crippen molar-refractivity contribution in [3.63, 3.8) is 0 Å². The summed E-state index contributed by atoms with van der Waals surface area (Å²) in [5, 5.41) is 3.13. The Morgan fingerprint density at radius 2 is 1.54 bits per heavy atom. The highest BCUT2D eigenvalue weighted by molar-refractivity contribution is 7.92. The molecule has 3 aromatic rings. The predicted molar refractivity (Wildman–Crippen MR) is 141 cm³/mol. The molecule has 1 amide bonds. The monoisotopic (exact) mass is 494 g/mol. The Kier molecular flexibility index (Phi) is 8.57. The first kappa shape index (κ1) is 26.3. The van der Waals surface area contributed by atoms with E-state index in [1.165, 1.54) is 10.6 Å². The van der Waals surface area contributed by atoms with Gasteiger partial charge in [0, 0.05) is 5.56 Å². The molecule has 1 atom stereocenters. The van der Waals surface area contributed by atoms with Crippen molar-refractivity contribution >= 4 is 21.6 Å². The first-order valence-electron chi connectivity index (χ1n) is 11.6. The minimum absolute atomic E-state index is 0.151. The summed E-state index contributed by atoms with van der Waals surface area (Å²) in [7, 11) is -1.89. The van der Waals surface area contributed by atoms with Crippen LogP contribution in [0.15, 0.2) is 72.8 Å². The molecule has 186 valence electrons. The number of carbonyl (C=O) groups is 1. The van der Waals surface area contributed by atoms with Gasteiger partial charge in [0.25, 0.3) is 5.91 Å². The van der Waals surface area contributed by atoms with Crippen molar-refractivity contribution in [1.82, 2.24) is 5.32 Å². The van der Waals surface area contributed by atoms with E-state index >= 15 is 0 Å². The summed E-state index contributed by atoms with van der Waals surface area (Å²) < 4.78 is 31.6. The van der Waals surface area contributed by atoms with Crippen LogP contribution in [0, 0.1) is 12.8 Å². The van der Waals surface area contributed by atoms with Crippen LogP contribution >= 0.6 is 0 Å². The van der Waals surface area contributed by atoms with Crippen LogP contribution in [0.2, 0.25) is 0 Å². The number of anilines is 1. The molecular formula is C28H34N2O4S. The van der Waals surface area contributed by atoms with Gasteiger partial charge < -0.3 is 10.1 Å². The maximum atomic E-state index is 13.1. The molecule has 0 aliphatic carbocycles. The molecule has 0 spiro atoms. The maximum Gasteiger partial charge on any atom is 0.251 e. The molecule has 0 bridgehead atoms. The number of methoxy groups -OCH3 is 1. The lowest BCUT2D eigenvalue weighted by atomic mass is 9.96. The van der Waals surface area contributed by atoms with Crippen LogP contribution < -0.4 is 14.4 Å². The third kappa shape index (κ3) is 7.33. The zero-order valence-electron chi connectivity index (χ0n) is 21.0. The Morgan fingerprint density at radius 3 is 2.06 bits per heavy atom. The van der Waals surface area contributed by atoms with Gasteiger partial charge in [0.05, 0.1) is 31.6 Å². The molecule has 35 heavy (non-hydrogen) atoms. The summed E-state index contributed by atoms with van der Waals surface area (Å²) in [4.78, 5) is 13.1. The highest BCUT2D eigenvalue weighted by atomic mass is 32.2. The second-order valence-corrected chi connectivity index (χ2v) is 11.1. The molecule has 0 aromatic heterocycles. The van der Waals surface area contributed by atoms with Crippen molar-refractivity contribution in [2.75, 3.05) is 17.7 Å². The summed E-state index contributed by atoms with van der Waals surface area (Å²) in [6.07, 6.45) is 1.97. The summed E-state index contributed by atoms with van der Waals surface area (Å²) >= 11 is 0. The van der Waals surface area contributed by atoms with Gasteiger partial charge in [-0.25, -0.2) is 8.42 Å². The number of aryl methyl sites for hydroxylation is 1. The van der Waals surface area contributed by atoms with E-state index in [4.69, 9.17) is 4.74 Å². The number of nitrogens with zero attached hydrogens (tertiary/aromatic N) is 1. The fourth-order valence-electron chi connectivity index (χ4n) is 3.87. The zero-order chi connectivity index (χ0) is 25.6. The highest BCUT2D eigenvalue weighted by Crippen LogP contribution is 2.25. The van der Waals surface area contributed by atoms with E-state index in [2.05, 4.69) is 19.2 Å². The van der Waals surface area contributed by atoms with Gasteiger partial charge in [-0.05, 0) is 66.8 Å². The third-order valence-corrected chi connectivity index (χ3v) is 6.94. The number of hydrogen-bond acceptors (Lipinski definition) is 4. The van der Waals surface area contributed by atoms with Crippen molar-refractivity contribution in [1.29, 1.82) is 0 Å². The molecule has 6 nitrogen and oxygen atoms in total. The molecular weight excluding hydrogens is 460 g/mol. The van der Waals surface area contributed by atoms with Crippen LogP contribution in [0.25, 0.3) is 0 Å². The maximum absolute atomic E-state index is 13.1. The number of amides is 1. The SMILES string of the molecule is COc1ccc(C(CC(C)C)NC(=O)c2ccc(N(Cc3ccc(C)cc3)S(C)(=O)=O)cc2)cc1. The van der Waals surface area contributed by atoms with Crippen LogP contribution in [0.4, 0.5) is 5.69 Å². The Morgan fingerprint density at radius 1 is 0.943 bits per heavy atom. The van der Waals surface area contributed by atoms with Crippen LogP contribution in [0.1, 0.15) is 53.4 Å². The topological polar surface area (TPSA) is 75.7 Å². The van der Waals surface area contributed by atoms with Crippen molar-refractivity contribution in [3.05, 3.63) is 95.1 Å². The van der Waals surface area contributed by atoms with E-state index in [0.717, 1.165) is 28.9 Å². The second kappa shape index (κ2) is 11.4. The summed E-state index contributed by atoms with van der Waals surface area (Å²) in [5.41, 5.74) is 3.99. The molecule has 1 unspecified atom stereocenters. The van der Waals surface area contributed by atoms with Crippen LogP contribution in [-0.4, -0.2) is 27.7 Å². The minimum atomic E-state index is -3.51. The van der Waals surface area contributed by atoms with E-state index in [9.17, 15) is 13.2 Å². The first-order valence-corrected chi connectivity index (χ1v) is 13.5. The van der Waals surface area contributed by atoms with Gasteiger partial charge in [-0.3, -0.25) is 9.10 Å². The van der Waals surface area contributed by atoms with Crippen LogP contribution in [0.3, 0.4) is 0 Å². The Balaban J connectivity index is 1.79. The van der Waals surface area contributed by atoms with E-state index < -0.39 is 10.0 Å². The Bertz CT molecular complexity index is 1220. The number of nitrogens with one attached hydrogen (secondary N) is 1. The van der Waals surface area contributed by atoms with Gasteiger partial charge in [0.15, 0.2) is 0 Å². The molecule has 7 heteroatoms. The molecule has 0 saturated carbocycles. The van der Waals surface area contributed by atoms with Gasteiger partial charge >= 0.3 is 0 Å². The normalized spacial score (nSPS) is 12.3. The number of benzene rings is 3. The molecule has 3 rings (SSSR count). The molecule has 1 N–H and O–H groups in total. The van der Waals surface area contributed by atoms with Gasteiger partial charge in [-0.15, -0.1) is 0 Å². The Hall–Kier alpha value is -3.32. The van der Waals surface area contributed by atoms with Crippen LogP contribution in [0.5, 0.6) is 5.75 Å². The van der Waals surface area contributed by atoms with E-state index in [1.54, 1.807) is 31.4 Å². The van der Waals surface area contributed by atoms with E-state index in [1.807, 2.05) is 55.5 Å². The number of hydrogen-bond donors (Lipinski definition) is 1. The standard InChI is InChI=1S/C28H34N2O4S/c1-20(2)18-27(23-12-16-26(34-4)17-13-23)29-28(31)24-10-14-25(15-11-24)30(35(5,32)33)19-22-8-6-21(3)7-9-22/h6-17,20,27H,18-19H2,1-5H3,(H,29,31). The van der Waals surface area contributed by atoms with E-state index in [0.29, 0.717) is 17.2 Å². The van der Waals surface area contributed by atoms with Crippen molar-refractivity contribution in [2.45, 2.75) is 39.8 Å². The van der Waals surface area contributed by atoms with Gasteiger partial charge in [0.2, 0.25) is 10.0 Å². The van der Waals surface area contributed by atoms with Crippen molar-refractivity contribution in [3.8, 4) is 5.75 Å². The number of ether oxygens (including phenoxy) is 1. The van der Waals surface area contributed by atoms with Crippen LogP contribution in [-0.2, 0) is 16.6 Å². The molecule has 0 saturated heterocycles. The summed E-state index contributed by atoms with van der Waals surface area (Å²) in [6, 6.07) is 22.0. The quantitative estimate of drug-likeness (QED) is 0.405. The zero-order valence-corrected chi connectivity index (χ0v) is 21.8. The lowest BCUT2D eigenvalue weighted by Gasteiger charge is -2.23. The van der Waals surface area contributed by atoms with Gasteiger partial charge in [-0.2, -0.15) is 0 Å². The van der Waals surface area contributed by atoms with Gasteiger partial charge in [0.1, 0.15) is 5.75 Å². The van der Waals surface area contributed by atoms with Crippen molar-refractivity contribution in [2.24, 2.45) is 5.92 Å². The Labute approximate surface area is 209 Å². The highest BCUT2D eigenvalue weighted by Gasteiger charge is 2.20. The second-order valence-electron chi connectivity index (χ2n) is 9.23. The molecule has 0 heterocycles. The molecule has 0 radical (unpaired) electrons. The molecule has 0 aliphatic heterocycles. The smallest absolute Gasteiger partial charge is 0.251 e. The third-order valence-electron chi connectivity index (χ3n) is 5.80. The minimum Gasteiger partial charge on any atom is -0.497 e. The van der Waals surface area contributed by atoms with E-state index in [-0.39, 0.29) is 18.5 Å². The fraction of sp³-hybridized carbons (Fsp3) is 0.321. The molecule has 3 aromatic carbocycles. The first-order chi connectivity index (χ1) is 16.6. The largest absolute Gasteiger partial charge is 0.497 e. The molecule has 0 aliphatic rings. The lowest BCUT2D eigenvalue weighted by Crippen LogP contribution is -2.30.